The minimum Gasteiger partial charge on any atom is -0.396 e. The summed E-state index contributed by atoms with van der Waals surface area (Å²) in [4.78, 5) is 0. The van der Waals surface area contributed by atoms with Gasteiger partial charge in [0.25, 0.3) is 0 Å². The Labute approximate surface area is 82.3 Å². The van der Waals surface area contributed by atoms with E-state index in [4.69, 9.17) is 9.84 Å². The lowest BCUT2D eigenvalue weighted by Crippen LogP contribution is -2.24. The van der Waals surface area contributed by atoms with E-state index in [1.165, 1.54) is 0 Å². The van der Waals surface area contributed by atoms with Crippen LogP contribution in [0.15, 0.2) is 0 Å². The molecule has 1 unspecified atom stereocenters. The average molecular weight is 188 g/mol. The smallest absolute Gasteiger partial charge is 0.0622 e. The Morgan fingerprint density at radius 2 is 1.92 bits per heavy atom. The average Bonchev–Trinajstić information content (AvgIpc) is 2.12. The molecule has 0 aromatic heterocycles. The van der Waals surface area contributed by atoms with Gasteiger partial charge in [0.15, 0.2) is 0 Å². The molecule has 0 aromatic rings. The molecule has 0 aliphatic carbocycles. The molecule has 13 heavy (non-hydrogen) atoms. The molecule has 1 N–H and O–H groups in total. The molecule has 0 bridgehead atoms. The van der Waals surface area contributed by atoms with Crippen LogP contribution >= 0.6 is 0 Å². The summed E-state index contributed by atoms with van der Waals surface area (Å²) in [5.41, 5.74) is -0.0405. The van der Waals surface area contributed by atoms with Gasteiger partial charge in [-0.15, -0.1) is 0 Å². The van der Waals surface area contributed by atoms with Gasteiger partial charge >= 0.3 is 0 Å². The number of hydrogen-bond acceptors (Lipinski definition) is 2. The molecule has 0 amide bonds. The number of hydrogen-bond donors (Lipinski definition) is 1. The van der Waals surface area contributed by atoms with Gasteiger partial charge < -0.3 is 9.84 Å². The second-order valence-electron chi connectivity index (χ2n) is 4.34. The normalized spacial score (nSPS) is 14.5. The monoisotopic (exact) mass is 188 g/mol. The first-order chi connectivity index (χ1) is 6.05. The highest BCUT2D eigenvalue weighted by Crippen LogP contribution is 2.21. The van der Waals surface area contributed by atoms with E-state index in [1.807, 2.05) is 0 Å². The molecule has 0 fully saturated rings. The minimum atomic E-state index is -0.0405. The van der Waals surface area contributed by atoms with Crippen LogP contribution in [0.2, 0.25) is 0 Å². The second-order valence-corrected chi connectivity index (χ2v) is 4.34. The second kappa shape index (κ2) is 6.39. The van der Waals surface area contributed by atoms with Crippen molar-refractivity contribution in [1.29, 1.82) is 0 Å². The zero-order chi connectivity index (χ0) is 10.3. The van der Waals surface area contributed by atoms with Crippen LogP contribution in [0.5, 0.6) is 0 Å². The molecular weight excluding hydrogens is 164 g/mol. The van der Waals surface area contributed by atoms with Crippen LogP contribution in [0.4, 0.5) is 0 Å². The number of aliphatic hydroxyl groups is 1. The summed E-state index contributed by atoms with van der Waals surface area (Å²) in [7, 11) is 1.74. The third-order valence-corrected chi connectivity index (χ3v) is 2.66. The van der Waals surface area contributed by atoms with Crippen molar-refractivity contribution in [1.82, 2.24) is 0 Å². The van der Waals surface area contributed by atoms with Gasteiger partial charge in [-0.1, -0.05) is 13.3 Å². The summed E-state index contributed by atoms with van der Waals surface area (Å²) < 4.78 is 5.33. The van der Waals surface area contributed by atoms with Crippen LogP contribution in [-0.2, 0) is 4.74 Å². The van der Waals surface area contributed by atoms with E-state index in [1.54, 1.807) is 7.11 Å². The van der Waals surface area contributed by atoms with Gasteiger partial charge in [-0.3, -0.25) is 0 Å². The molecule has 2 heteroatoms. The third-order valence-electron chi connectivity index (χ3n) is 2.66. The largest absolute Gasteiger partial charge is 0.396 e. The molecule has 80 valence electrons. The van der Waals surface area contributed by atoms with E-state index in [2.05, 4.69) is 20.8 Å². The van der Waals surface area contributed by atoms with Gasteiger partial charge in [0.2, 0.25) is 0 Å². The fourth-order valence-corrected chi connectivity index (χ4v) is 1.39. The summed E-state index contributed by atoms with van der Waals surface area (Å²) in [6.07, 6.45) is 4.36. The van der Waals surface area contributed by atoms with E-state index in [-0.39, 0.29) is 5.60 Å². The van der Waals surface area contributed by atoms with E-state index in [9.17, 15) is 0 Å². The molecule has 2 nitrogen and oxygen atoms in total. The molecule has 0 radical (unpaired) electrons. The van der Waals surface area contributed by atoms with Crippen molar-refractivity contribution in [2.75, 3.05) is 13.7 Å². The summed E-state index contributed by atoms with van der Waals surface area (Å²) >= 11 is 0. The Morgan fingerprint density at radius 1 is 1.31 bits per heavy atom. The number of methoxy groups -OCH3 is 1. The molecule has 0 spiro atoms. The Balaban J connectivity index is 3.70. The topological polar surface area (TPSA) is 29.5 Å². The standard InChI is InChI=1S/C11H24O2/c1-5-6-10(9-12)7-8-11(2,3)13-4/h10,12H,5-9H2,1-4H3. The zero-order valence-corrected chi connectivity index (χ0v) is 9.47. The number of aliphatic hydroxyl groups excluding tert-OH is 1. The van der Waals surface area contributed by atoms with Crippen LogP contribution < -0.4 is 0 Å². The summed E-state index contributed by atoms with van der Waals surface area (Å²) in [5, 5.41) is 9.09. The molecule has 0 aromatic carbocycles. The molecule has 0 aliphatic heterocycles. The van der Waals surface area contributed by atoms with Crippen molar-refractivity contribution < 1.29 is 9.84 Å². The lowest BCUT2D eigenvalue weighted by atomic mass is 9.92. The van der Waals surface area contributed by atoms with Gasteiger partial charge in [-0.05, 0) is 39.0 Å². The van der Waals surface area contributed by atoms with Crippen molar-refractivity contribution in [3.05, 3.63) is 0 Å². The highest BCUT2D eigenvalue weighted by Gasteiger charge is 2.18. The van der Waals surface area contributed by atoms with Crippen LogP contribution in [0.1, 0.15) is 46.5 Å². The summed E-state index contributed by atoms with van der Waals surface area (Å²) in [6, 6.07) is 0. The molecule has 0 aliphatic rings. The maximum absolute atomic E-state index is 9.09. The highest BCUT2D eigenvalue weighted by atomic mass is 16.5. The fourth-order valence-electron chi connectivity index (χ4n) is 1.39. The first-order valence-corrected chi connectivity index (χ1v) is 5.21. The Morgan fingerprint density at radius 3 is 2.31 bits per heavy atom. The van der Waals surface area contributed by atoms with Gasteiger partial charge in [0.1, 0.15) is 0 Å². The first kappa shape index (κ1) is 12.9. The maximum Gasteiger partial charge on any atom is 0.0622 e. The van der Waals surface area contributed by atoms with Crippen molar-refractivity contribution in [2.24, 2.45) is 5.92 Å². The third kappa shape index (κ3) is 6.05. The molecule has 1 atom stereocenters. The van der Waals surface area contributed by atoms with E-state index >= 15 is 0 Å². The predicted octanol–water partition coefficient (Wildman–Crippen LogP) is 2.60. The maximum atomic E-state index is 9.09. The highest BCUT2D eigenvalue weighted by molar-refractivity contribution is 4.70. The van der Waals surface area contributed by atoms with Gasteiger partial charge in [0.05, 0.1) is 5.60 Å². The minimum absolute atomic E-state index is 0.0405. The van der Waals surface area contributed by atoms with Crippen LogP contribution in [0, 0.1) is 5.92 Å². The lowest BCUT2D eigenvalue weighted by molar-refractivity contribution is 0.00784. The van der Waals surface area contributed by atoms with Crippen molar-refractivity contribution in [2.45, 2.75) is 52.1 Å². The van der Waals surface area contributed by atoms with E-state index < -0.39 is 0 Å². The van der Waals surface area contributed by atoms with Gasteiger partial charge in [-0.25, -0.2) is 0 Å². The lowest BCUT2D eigenvalue weighted by Gasteiger charge is -2.25. The van der Waals surface area contributed by atoms with Gasteiger partial charge in [-0.2, -0.15) is 0 Å². The molecule has 0 saturated carbocycles. The summed E-state index contributed by atoms with van der Waals surface area (Å²) in [5.74, 6) is 0.458. The summed E-state index contributed by atoms with van der Waals surface area (Å²) in [6.45, 7) is 6.65. The molecule has 0 rings (SSSR count). The Kier molecular flexibility index (Phi) is 6.35. The van der Waals surface area contributed by atoms with Crippen LogP contribution in [0.3, 0.4) is 0 Å². The van der Waals surface area contributed by atoms with Gasteiger partial charge in [0, 0.05) is 13.7 Å². The molecular formula is C11H24O2. The van der Waals surface area contributed by atoms with E-state index in [0.717, 1.165) is 25.7 Å². The fraction of sp³-hybridized carbons (Fsp3) is 1.00. The Bertz CT molecular complexity index is 121. The molecule has 0 saturated heterocycles. The number of ether oxygens (including phenoxy) is 1. The molecule has 0 heterocycles. The first-order valence-electron chi connectivity index (χ1n) is 5.21. The quantitative estimate of drug-likeness (QED) is 0.665. The predicted molar refractivity (Wildman–Crippen MR) is 55.8 cm³/mol. The zero-order valence-electron chi connectivity index (χ0n) is 9.47. The SMILES string of the molecule is CCCC(CO)CCC(C)(C)OC. The Hall–Kier alpha value is -0.0800. The van der Waals surface area contributed by atoms with Crippen LogP contribution in [-0.4, -0.2) is 24.4 Å². The van der Waals surface area contributed by atoms with E-state index in [0.29, 0.717) is 12.5 Å². The van der Waals surface area contributed by atoms with Crippen LogP contribution in [0.25, 0.3) is 0 Å². The van der Waals surface area contributed by atoms with Crippen molar-refractivity contribution in [3.63, 3.8) is 0 Å². The van der Waals surface area contributed by atoms with Crippen molar-refractivity contribution in [3.8, 4) is 0 Å². The van der Waals surface area contributed by atoms with Crippen molar-refractivity contribution >= 4 is 0 Å². The number of rotatable bonds is 7.